The van der Waals surface area contributed by atoms with Crippen LogP contribution in [0, 0.1) is 0 Å². The molecule has 0 radical (unpaired) electrons. The lowest BCUT2D eigenvalue weighted by atomic mass is 9.95. The van der Waals surface area contributed by atoms with Crippen molar-refractivity contribution in [1.29, 1.82) is 0 Å². The van der Waals surface area contributed by atoms with E-state index in [-0.39, 0.29) is 11.9 Å². The van der Waals surface area contributed by atoms with Gasteiger partial charge in [0.2, 0.25) is 5.91 Å². The quantitative estimate of drug-likeness (QED) is 0.740. The number of hydrogen-bond acceptors (Lipinski definition) is 2. The van der Waals surface area contributed by atoms with Gasteiger partial charge in [0.25, 0.3) is 0 Å². The summed E-state index contributed by atoms with van der Waals surface area (Å²) in [7, 11) is 0. The first kappa shape index (κ1) is 10.9. The molecule has 1 aromatic carbocycles. The van der Waals surface area contributed by atoms with Gasteiger partial charge in [-0.1, -0.05) is 30.3 Å². The van der Waals surface area contributed by atoms with Gasteiger partial charge in [-0.2, -0.15) is 0 Å². The molecule has 0 unspecified atom stereocenters. The number of hydrogen-bond donors (Lipinski definition) is 2. The van der Waals surface area contributed by atoms with Crippen LogP contribution in [-0.2, 0) is 17.8 Å². The minimum atomic E-state index is -0.116. The Balaban J connectivity index is 2.02. The molecule has 2 N–H and O–H groups in total. The van der Waals surface area contributed by atoms with Gasteiger partial charge in [-0.15, -0.1) is 6.58 Å². The third kappa shape index (κ3) is 2.31. The van der Waals surface area contributed by atoms with E-state index in [1.54, 1.807) is 6.08 Å². The normalized spacial score (nSPS) is 18.6. The molecule has 1 heterocycles. The lowest BCUT2D eigenvalue weighted by molar-refractivity contribution is -0.123. The topological polar surface area (TPSA) is 41.1 Å². The summed E-state index contributed by atoms with van der Waals surface area (Å²) < 4.78 is 0. The smallest absolute Gasteiger partial charge is 0.237 e. The summed E-state index contributed by atoms with van der Waals surface area (Å²) in [5, 5.41) is 6.05. The van der Waals surface area contributed by atoms with Crippen molar-refractivity contribution in [2.75, 3.05) is 6.54 Å². The summed E-state index contributed by atoms with van der Waals surface area (Å²) in [5.74, 6) is 0.0504. The van der Waals surface area contributed by atoms with Crippen LogP contribution in [-0.4, -0.2) is 18.5 Å². The minimum Gasteiger partial charge on any atom is -0.351 e. The Hall–Kier alpha value is -1.61. The highest BCUT2D eigenvalue weighted by atomic mass is 16.2. The van der Waals surface area contributed by atoms with Gasteiger partial charge in [-0.05, 0) is 17.5 Å². The first-order chi connectivity index (χ1) is 7.81. The Kier molecular flexibility index (Phi) is 3.37. The van der Waals surface area contributed by atoms with Crippen LogP contribution in [0.1, 0.15) is 11.1 Å². The molecule has 0 saturated carbocycles. The molecule has 3 nitrogen and oxygen atoms in total. The Morgan fingerprint density at radius 3 is 3.00 bits per heavy atom. The van der Waals surface area contributed by atoms with Crippen molar-refractivity contribution >= 4 is 5.91 Å². The molecule has 3 heteroatoms. The summed E-state index contributed by atoms with van der Waals surface area (Å²) in [6, 6.07) is 8.11. The Labute approximate surface area is 95.6 Å². The molecule has 0 aromatic heterocycles. The van der Waals surface area contributed by atoms with Crippen LogP contribution in [0.3, 0.4) is 0 Å². The van der Waals surface area contributed by atoms with Gasteiger partial charge < -0.3 is 10.6 Å². The van der Waals surface area contributed by atoms with E-state index in [1.165, 1.54) is 11.1 Å². The van der Waals surface area contributed by atoms with E-state index in [2.05, 4.69) is 29.3 Å². The predicted octanol–water partition coefficient (Wildman–Crippen LogP) is 1.00. The molecule has 0 bridgehead atoms. The van der Waals surface area contributed by atoms with E-state index in [4.69, 9.17) is 0 Å². The van der Waals surface area contributed by atoms with Crippen LogP contribution in [0.4, 0.5) is 0 Å². The molecule has 1 aliphatic heterocycles. The summed E-state index contributed by atoms with van der Waals surface area (Å²) >= 11 is 0. The van der Waals surface area contributed by atoms with E-state index in [1.807, 2.05) is 12.1 Å². The Bertz CT molecular complexity index is 401. The fourth-order valence-corrected chi connectivity index (χ4v) is 1.94. The van der Waals surface area contributed by atoms with Crippen molar-refractivity contribution in [2.45, 2.75) is 19.0 Å². The van der Waals surface area contributed by atoms with Gasteiger partial charge in [-0.3, -0.25) is 4.79 Å². The zero-order chi connectivity index (χ0) is 11.4. The number of fused-ring (bicyclic) bond motifs is 1. The largest absolute Gasteiger partial charge is 0.351 e. The number of amides is 1. The summed E-state index contributed by atoms with van der Waals surface area (Å²) in [5.41, 5.74) is 2.55. The second kappa shape index (κ2) is 4.94. The van der Waals surface area contributed by atoms with Gasteiger partial charge >= 0.3 is 0 Å². The van der Waals surface area contributed by atoms with E-state index in [9.17, 15) is 4.79 Å². The van der Waals surface area contributed by atoms with E-state index in [0.29, 0.717) is 6.54 Å². The average molecular weight is 216 g/mol. The summed E-state index contributed by atoms with van der Waals surface area (Å²) in [6.45, 7) is 4.87. The predicted molar refractivity (Wildman–Crippen MR) is 64.0 cm³/mol. The first-order valence-corrected chi connectivity index (χ1v) is 5.50. The van der Waals surface area contributed by atoms with Crippen molar-refractivity contribution in [2.24, 2.45) is 0 Å². The van der Waals surface area contributed by atoms with Crippen LogP contribution in [0.2, 0.25) is 0 Å². The van der Waals surface area contributed by atoms with E-state index >= 15 is 0 Å². The molecule has 84 valence electrons. The third-order valence-electron chi connectivity index (χ3n) is 2.82. The second-order valence-electron chi connectivity index (χ2n) is 3.94. The third-order valence-corrected chi connectivity index (χ3v) is 2.82. The highest BCUT2D eigenvalue weighted by Gasteiger charge is 2.22. The van der Waals surface area contributed by atoms with Crippen LogP contribution >= 0.6 is 0 Å². The number of nitrogens with one attached hydrogen (secondary N) is 2. The average Bonchev–Trinajstić information content (AvgIpc) is 2.35. The van der Waals surface area contributed by atoms with Crippen molar-refractivity contribution in [3.05, 3.63) is 48.0 Å². The number of carbonyl (C=O) groups is 1. The van der Waals surface area contributed by atoms with Crippen LogP contribution < -0.4 is 10.6 Å². The fourth-order valence-electron chi connectivity index (χ4n) is 1.94. The maximum atomic E-state index is 11.7. The molecule has 1 aliphatic rings. The standard InChI is InChI=1S/C13H16N2O/c1-2-7-14-13(16)12-8-10-5-3-4-6-11(10)9-15-12/h2-6,12,15H,1,7-9H2,(H,14,16)/t12-/m1/s1. The van der Waals surface area contributed by atoms with Gasteiger partial charge in [0.05, 0.1) is 6.04 Å². The molecule has 1 amide bonds. The molecule has 2 rings (SSSR count). The van der Waals surface area contributed by atoms with Crippen LogP contribution in [0.15, 0.2) is 36.9 Å². The number of carbonyl (C=O) groups excluding carboxylic acids is 1. The van der Waals surface area contributed by atoms with Crippen molar-refractivity contribution in [3.8, 4) is 0 Å². The highest BCUT2D eigenvalue weighted by Crippen LogP contribution is 2.16. The lowest BCUT2D eigenvalue weighted by Gasteiger charge is -2.25. The molecule has 0 saturated heterocycles. The van der Waals surface area contributed by atoms with E-state index in [0.717, 1.165) is 13.0 Å². The van der Waals surface area contributed by atoms with Crippen molar-refractivity contribution < 1.29 is 4.79 Å². The number of benzene rings is 1. The fraction of sp³-hybridized carbons (Fsp3) is 0.308. The number of rotatable bonds is 3. The van der Waals surface area contributed by atoms with Crippen LogP contribution in [0.5, 0.6) is 0 Å². The Morgan fingerprint density at radius 1 is 1.50 bits per heavy atom. The lowest BCUT2D eigenvalue weighted by Crippen LogP contribution is -2.47. The maximum Gasteiger partial charge on any atom is 0.237 e. The molecular weight excluding hydrogens is 200 g/mol. The maximum absolute atomic E-state index is 11.7. The van der Waals surface area contributed by atoms with Gasteiger partial charge in [-0.25, -0.2) is 0 Å². The highest BCUT2D eigenvalue weighted by molar-refractivity contribution is 5.82. The summed E-state index contributed by atoms with van der Waals surface area (Å²) in [4.78, 5) is 11.7. The monoisotopic (exact) mass is 216 g/mol. The molecule has 1 aromatic rings. The molecular formula is C13H16N2O. The second-order valence-corrected chi connectivity index (χ2v) is 3.94. The molecule has 0 aliphatic carbocycles. The van der Waals surface area contributed by atoms with Gasteiger partial charge in [0, 0.05) is 13.1 Å². The summed E-state index contributed by atoms with van der Waals surface area (Å²) in [6.07, 6.45) is 2.45. The zero-order valence-electron chi connectivity index (χ0n) is 9.20. The minimum absolute atomic E-state index is 0.0504. The molecule has 1 atom stereocenters. The van der Waals surface area contributed by atoms with E-state index < -0.39 is 0 Å². The van der Waals surface area contributed by atoms with Crippen LogP contribution in [0.25, 0.3) is 0 Å². The van der Waals surface area contributed by atoms with Crippen molar-refractivity contribution in [1.82, 2.24) is 10.6 Å². The van der Waals surface area contributed by atoms with Gasteiger partial charge in [0.1, 0.15) is 0 Å². The SMILES string of the molecule is C=CCNC(=O)[C@H]1Cc2ccccc2CN1. The zero-order valence-corrected chi connectivity index (χ0v) is 9.20. The molecule has 0 fully saturated rings. The Morgan fingerprint density at radius 2 is 2.25 bits per heavy atom. The molecule has 0 spiro atoms. The van der Waals surface area contributed by atoms with Crippen molar-refractivity contribution in [3.63, 3.8) is 0 Å². The first-order valence-electron chi connectivity index (χ1n) is 5.50. The molecule has 16 heavy (non-hydrogen) atoms. The van der Waals surface area contributed by atoms with Gasteiger partial charge in [0.15, 0.2) is 0 Å².